The Morgan fingerprint density at radius 3 is 1.04 bits per heavy atom. The minimum Gasteiger partial charge on any atom is -0.436 e. The molecule has 0 radical (unpaired) electrons. The van der Waals surface area contributed by atoms with Gasteiger partial charge < -0.3 is 36.6 Å². The van der Waals surface area contributed by atoms with E-state index in [0.29, 0.717) is 34.7 Å². The average Bonchev–Trinajstić information content (AvgIpc) is 1.56. The molecule has 0 N–H and O–H groups in total. The van der Waals surface area contributed by atoms with Crippen molar-refractivity contribution in [1.29, 1.82) is 0 Å². The summed E-state index contributed by atoms with van der Waals surface area (Å²) < 4.78 is 30.5. The lowest BCUT2D eigenvalue weighted by Gasteiger charge is -2.26. The molecule has 0 aliphatic carbocycles. The summed E-state index contributed by atoms with van der Waals surface area (Å²) in [6.45, 7) is 0. The van der Waals surface area contributed by atoms with E-state index in [0.717, 1.165) is 206 Å². The molecule has 6 heterocycles. The third kappa shape index (κ3) is 14.2. The van der Waals surface area contributed by atoms with Gasteiger partial charge in [-0.3, -0.25) is 0 Å². The van der Waals surface area contributed by atoms with E-state index in [2.05, 4.69) is 425 Å². The third-order valence-corrected chi connectivity index (χ3v) is 26.3. The number of aromatic nitrogens is 6. The second-order valence-corrected chi connectivity index (χ2v) is 34.5. The fourth-order valence-corrected chi connectivity index (χ4v) is 19.5. The van der Waals surface area contributed by atoms with Gasteiger partial charge in [0.15, 0.2) is 22.3 Å². The monoisotopic (exact) mass is 1740 g/mol. The summed E-state index contributed by atoms with van der Waals surface area (Å²) in [6.07, 6.45) is 0. The predicted molar refractivity (Wildman–Crippen MR) is 555 cm³/mol. The molecule has 0 atom stereocenters. The van der Waals surface area contributed by atoms with Crippen molar-refractivity contribution in [1.82, 2.24) is 29.1 Å². The fraction of sp³-hybridized carbons (Fsp3) is 0. The molecule has 0 saturated carbocycles. The number of benzene rings is 20. The van der Waals surface area contributed by atoms with Crippen LogP contribution in [0, 0.1) is 0 Å². The maximum absolute atomic E-state index is 6.74. The minimum atomic E-state index is 0.540. The molecule has 12 heteroatoms. The number of oxazole rings is 4. The first kappa shape index (κ1) is 78.5. The van der Waals surface area contributed by atoms with Gasteiger partial charge in [-0.25, -0.2) is 19.9 Å². The maximum Gasteiger partial charge on any atom is 0.227 e. The van der Waals surface area contributed by atoms with Crippen LogP contribution in [0.3, 0.4) is 0 Å². The second kappa shape index (κ2) is 32.8. The second-order valence-electron chi connectivity index (χ2n) is 34.5. The molecule has 136 heavy (non-hydrogen) atoms. The molecular weight excluding hydrogens is 1670 g/mol. The summed E-state index contributed by atoms with van der Waals surface area (Å²) in [4.78, 5) is 24.2. The summed E-state index contributed by atoms with van der Waals surface area (Å²) in [5, 5.41) is 4.64. The molecule has 0 spiro atoms. The smallest absolute Gasteiger partial charge is 0.227 e. The Hall–Kier alpha value is -18.5. The number of anilines is 6. The Kier molecular flexibility index (Phi) is 19.0. The Morgan fingerprint density at radius 1 is 0.169 bits per heavy atom. The largest absolute Gasteiger partial charge is 0.436 e. The summed E-state index contributed by atoms with van der Waals surface area (Å²) in [5.41, 5.74) is 38.0. The van der Waals surface area contributed by atoms with Gasteiger partial charge in [-0.2, -0.15) is 0 Å². The van der Waals surface area contributed by atoms with Crippen molar-refractivity contribution in [2.75, 3.05) is 9.80 Å². The van der Waals surface area contributed by atoms with E-state index in [-0.39, 0.29) is 0 Å². The van der Waals surface area contributed by atoms with Crippen LogP contribution in [0.15, 0.2) is 491 Å². The number of fused-ring (bicyclic) bond motifs is 10. The third-order valence-electron chi connectivity index (χ3n) is 26.3. The summed E-state index contributed by atoms with van der Waals surface area (Å²) >= 11 is 0. The molecule has 0 unspecified atom stereocenters. The van der Waals surface area contributed by atoms with E-state index in [9.17, 15) is 0 Å². The van der Waals surface area contributed by atoms with Crippen LogP contribution in [0.4, 0.5) is 34.1 Å². The summed E-state index contributed by atoms with van der Waals surface area (Å²) in [6, 6.07) is 167. The zero-order valence-corrected chi connectivity index (χ0v) is 73.2. The van der Waals surface area contributed by atoms with Crippen molar-refractivity contribution in [3.63, 3.8) is 0 Å². The van der Waals surface area contributed by atoms with Crippen LogP contribution < -0.4 is 9.80 Å². The van der Waals surface area contributed by atoms with Crippen LogP contribution in [-0.4, -0.2) is 29.1 Å². The molecule has 26 aromatic rings. The van der Waals surface area contributed by atoms with Crippen molar-refractivity contribution in [3.05, 3.63) is 473 Å². The first-order valence-electron chi connectivity index (χ1n) is 45.7. The van der Waals surface area contributed by atoms with Gasteiger partial charge in [-0.1, -0.05) is 249 Å². The molecule has 20 aromatic carbocycles. The highest BCUT2D eigenvalue weighted by Gasteiger charge is 2.24. The molecule has 0 aliphatic rings. The predicted octanol–water partition coefficient (Wildman–Crippen LogP) is 33.7. The van der Waals surface area contributed by atoms with Crippen molar-refractivity contribution in [2.45, 2.75) is 0 Å². The zero-order chi connectivity index (χ0) is 89.7. The molecule has 0 aliphatic heterocycles. The van der Waals surface area contributed by atoms with Gasteiger partial charge in [0.1, 0.15) is 22.1 Å². The van der Waals surface area contributed by atoms with Gasteiger partial charge in [0.25, 0.3) is 0 Å². The lowest BCUT2D eigenvalue weighted by atomic mass is 9.98. The fourth-order valence-electron chi connectivity index (χ4n) is 19.5. The molecule has 0 fully saturated rings. The number of hydrogen-bond acceptors (Lipinski definition) is 10. The van der Waals surface area contributed by atoms with Crippen LogP contribution in [-0.2, 0) is 0 Å². The van der Waals surface area contributed by atoms with E-state index in [1.807, 2.05) is 66.7 Å². The van der Waals surface area contributed by atoms with Gasteiger partial charge in [-0.05, 0) is 297 Å². The Morgan fingerprint density at radius 2 is 0.500 bits per heavy atom. The first-order chi connectivity index (χ1) is 67.3. The van der Waals surface area contributed by atoms with E-state index in [1.54, 1.807) is 0 Å². The normalized spacial score (nSPS) is 11.7. The standard InChI is InChI=1S/C124H78N8O4/c1-3-23-96(24-4-1)129(98-62-51-82(52-63-98)79-39-41-80(42-40-79)84-55-66-101(67-56-84)131-113-35-11-7-29-105(113)107-76-93(60-71-115(107)131)85-45-49-86(50-46-85)121-125-109-32-9-13-37-117(109)133-121)99-64-53-83(54-65-99)81-43-47-87(48-44-81)123-128-112-34-18-31-104(120(112)136-123)94-59-70-111-119(78-94)135-124(127-111)95-61-72-116-108(77-95)106-30-8-12-36-114(106)132(116)103-28-17-22-92(75-103)90-20-15-19-89(73-90)91-21-16-27-102(74-91)130(97-25-5-2-6-26-97)100-68-57-88(58-69-100)122-126-110-33-10-14-38-118(110)134-122/h1-78H. The number of hydrogen-bond donors (Lipinski definition) is 0. The Balaban J connectivity index is 0.420. The highest BCUT2D eigenvalue weighted by atomic mass is 16.4. The molecule has 0 amide bonds. The van der Waals surface area contributed by atoms with Crippen molar-refractivity contribution >= 4 is 122 Å². The molecule has 6 aromatic heterocycles. The van der Waals surface area contributed by atoms with E-state index in [1.165, 1.54) is 16.3 Å². The number of para-hydroxylation sites is 9. The van der Waals surface area contributed by atoms with E-state index >= 15 is 0 Å². The maximum atomic E-state index is 6.74. The van der Waals surface area contributed by atoms with Crippen molar-refractivity contribution < 1.29 is 17.7 Å². The van der Waals surface area contributed by atoms with Crippen LogP contribution in [0.1, 0.15) is 0 Å². The lowest BCUT2D eigenvalue weighted by Crippen LogP contribution is -2.09. The number of rotatable bonds is 19. The highest BCUT2D eigenvalue weighted by Crippen LogP contribution is 2.46. The molecule has 26 rings (SSSR count). The quantitative estimate of drug-likeness (QED) is 0.0774. The highest BCUT2D eigenvalue weighted by molar-refractivity contribution is 6.12. The molecule has 12 nitrogen and oxygen atoms in total. The average molecular weight is 1740 g/mol. The Bertz CT molecular complexity index is 9000. The zero-order valence-electron chi connectivity index (χ0n) is 73.2. The van der Waals surface area contributed by atoms with Crippen molar-refractivity contribution in [2.24, 2.45) is 0 Å². The van der Waals surface area contributed by atoms with Crippen LogP contribution in [0.5, 0.6) is 0 Å². The van der Waals surface area contributed by atoms with Crippen molar-refractivity contribution in [3.8, 4) is 135 Å². The molecule has 638 valence electrons. The topological polar surface area (TPSA) is 120 Å². The van der Waals surface area contributed by atoms with Gasteiger partial charge in [-0.15, -0.1) is 0 Å². The molecule has 0 bridgehead atoms. The summed E-state index contributed by atoms with van der Waals surface area (Å²) in [5.74, 6) is 2.30. The minimum absolute atomic E-state index is 0.540. The van der Waals surface area contributed by atoms with Crippen LogP contribution >= 0.6 is 0 Å². The van der Waals surface area contributed by atoms with Crippen LogP contribution in [0.2, 0.25) is 0 Å². The lowest BCUT2D eigenvalue weighted by molar-refractivity contribution is 0.619. The Labute approximate surface area is 781 Å². The van der Waals surface area contributed by atoms with Gasteiger partial charge in [0.2, 0.25) is 23.6 Å². The molecule has 0 saturated heterocycles. The van der Waals surface area contributed by atoms with E-state index < -0.39 is 0 Å². The SMILES string of the molecule is c1ccc(N(c2ccc(-c3ccc(-c4ccc(-n5c6ccccc6c6cc(-c7ccc(-c8nc9ccccc9o8)cc7)ccc65)cc4)cc3)cc2)c2ccc(-c3ccc(-c4nc5cccc(-c6ccc7nc(-c8ccc9c(c8)c8ccccc8n9-c8cccc(-c9cccc(-c%10cccc(N(c%11ccccc%11)c%11ccc(-c%12nc%13ccccc%13o%12)cc%11)c%10)c9)c8)oc7c6)c5o4)cc3)cc2)cc1. The molecular formula is C124H78N8O4. The van der Waals surface area contributed by atoms with Crippen LogP contribution in [0.25, 0.3) is 223 Å². The van der Waals surface area contributed by atoms with Gasteiger partial charge in [0.05, 0.1) is 22.1 Å². The first-order valence-corrected chi connectivity index (χ1v) is 45.7. The van der Waals surface area contributed by atoms with E-state index in [4.69, 9.17) is 37.6 Å². The number of nitrogens with zero attached hydrogens (tertiary/aromatic N) is 8. The summed E-state index contributed by atoms with van der Waals surface area (Å²) in [7, 11) is 0. The van der Waals surface area contributed by atoms with Gasteiger partial charge >= 0.3 is 0 Å². The van der Waals surface area contributed by atoms with Gasteiger partial charge in [0, 0.05) is 94.9 Å².